The number of amides is 3. The Bertz CT molecular complexity index is 2170. The third kappa shape index (κ3) is 35.6. The van der Waals surface area contributed by atoms with Gasteiger partial charge in [-0.1, -0.05) is 126 Å². The summed E-state index contributed by atoms with van der Waals surface area (Å²) in [5, 5.41) is 12.8. The van der Waals surface area contributed by atoms with E-state index in [4.69, 9.17) is 19.3 Å². The zero-order valence-corrected chi connectivity index (χ0v) is 59.4. The van der Waals surface area contributed by atoms with Gasteiger partial charge in [-0.05, 0) is 212 Å². The minimum absolute atomic E-state index is 0.00863. The molecule has 7 rings (SSSR count). The molecule has 4 aliphatic carbocycles. The first-order chi connectivity index (χ1) is 41.3. The van der Waals surface area contributed by atoms with Gasteiger partial charge in [0.15, 0.2) is 0 Å². The van der Waals surface area contributed by atoms with Crippen LogP contribution in [0.25, 0.3) is 0 Å². The van der Waals surface area contributed by atoms with Crippen molar-refractivity contribution in [2.45, 2.75) is 264 Å². The van der Waals surface area contributed by atoms with Gasteiger partial charge < -0.3 is 39.3 Å². The zero-order chi connectivity index (χ0) is 64.3. The van der Waals surface area contributed by atoms with Crippen LogP contribution >= 0.6 is 36.2 Å². The SMILES string of the molecule is CC1CCC(N(CCO)C(=O)OC(C)(C)C)CC1.CC1CCC(N(CCSCc2ccccc2)C(=O)OC(C)(C)C)CC1.CC1CCC(NCCSCc2ccccc2)CC1.CCCN(C(=O)OC(C)(C)C)C1CCC(C)CC1.SCc1ccccc1. The van der Waals surface area contributed by atoms with E-state index in [1.807, 2.05) is 120 Å². The summed E-state index contributed by atoms with van der Waals surface area (Å²) < 4.78 is 16.6. The van der Waals surface area contributed by atoms with Crippen LogP contribution < -0.4 is 5.32 Å². The maximum atomic E-state index is 12.7. The molecule has 87 heavy (non-hydrogen) atoms. The van der Waals surface area contributed by atoms with Gasteiger partial charge in [0.25, 0.3) is 0 Å². The summed E-state index contributed by atoms with van der Waals surface area (Å²) >= 11 is 8.03. The van der Waals surface area contributed by atoms with E-state index in [0.717, 1.165) is 130 Å². The molecule has 0 radical (unpaired) electrons. The van der Waals surface area contributed by atoms with Crippen molar-refractivity contribution in [2.24, 2.45) is 23.7 Å². The molecule has 494 valence electrons. The molecule has 0 aliphatic heterocycles. The Balaban J connectivity index is 0.000000293. The van der Waals surface area contributed by atoms with Crippen LogP contribution in [-0.4, -0.2) is 123 Å². The van der Waals surface area contributed by atoms with Crippen LogP contribution in [0.15, 0.2) is 91.0 Å². The first kappa shape index (κ1) is 77.7. The first-order valence-electron chi connectivity index (χ1n) is 33.5. The number of thioether (sulfide) groups is 2. The standard InChI is InChI=1S/C21H33NO2S.C16H25NS.C15H29NO2.C14H27NO3.C7H8S/c1-17-10-12-19(13-11-17)22(20(23)24-21(2,3)4)14-15-25-16-18-8-6-5-7-9-18;1-14-7-9-16(10-8-14)17-11-12-18-13-15-5-3-2-4-6-15;1-6-11-16(14(17)18-15(3,4)5)13-9-7-12(2)8-10-13;1-11-5-7-12(8-6-11)15(9-10-16)13(17)18-14(2,3)4;8-6-7-4-2-1-3-5-7/h5-9,17,19H,10-16H2,1-4H3;2-6,14,16-17H,7-13H2,1H3;12-13H,6-11H2,1-5H3;11-12,16H,5-10H2,1-4H3;1-5,8H,6H2. The number of thiol groups is 1. The van der Waals surface area contributed by atoms with E-state index in [2.05, 4.69) is 119 Å². The lowest BCUT2D eigenvalue weighted by atomic mass is 9.86. The van der Waals surface area contributed by atoms with Gasteiger partial charge in [0, 0.05) is 79.1 Å². The van der Waals surface area contributed by atoms with E-state index in [9.17, 15) is 14.4 Å². The van der Waals surface area contributed by atoms with E-state index in [1.54, 1.807) is 4.90 Å². The van der Waals surface area contributed by atoms with Gasteiger partial charge in [0.1, 0.15) is 16.8 Å². The topological polar surface area (TPSA) is 121 Å². The number of nitrogens with one attached hydrogen (secondary N) is 1. The van der Waals surface area contributed by atoms with E-state index in [-0.39, 0.29) is 30.9 Å². The number of nitrogens with zero attached hydrogens (tertiary/aromatic N) is 3. The normalized spacial score (nSPS) is 22.1. The van der Waals surface area contributed by atoms with Crippen LogP contribution in [0.3, 0.4) is 0 Å². The fourth-order valence-electron chi connectivity index (χ4n) is 11.3. The Kier molecular flexibility index (Phi) is 37.9. The molecule has 2 N–H and O–H groups in total. The second-order valence-electron chi connectivity index (χ2n) is 28.1. The molecule has 0 heterocycles. The van der Waals surface area contributed by atoms with Gasteiger partial charge in [0.2, 0.25) is 0 Å². The summed E-state index contributed by atoms with van der Waals surface area (Å²) in [5.41, 5.74) is 2.74. The third-order valence-corrected chi connectivity index (χ3v) is 18.8. The Morgan fingerprint density at radius 3 is 1.09 bits per heavy atom. The molecule has 3 aromatic carbocycles. The average molecular weight is 1260 g/mol. The molecular formula is C73H122N4O7S3. The summed E-state index contributed by atoms with van der Waals surface area (Å²) in [5.74, 6) is 8.43. The monoisotopic (exact) mass is 1260 g/mol. The van der Waals surface area contributed by atoms with Crippen LogP contribution in [0, 0.1) is 23.7 Å². The van der Waals surface area contributed by atoms with E-state index >= 15 is 0 Å². The minimum atomic E-state index is -0.479. The molecule has 14 heteroatoms. The van der Waals surface area contributed by atoms with Gasteiger partial charge in [-0.2, -0.15) is 36.2 Å². The number of aliphatic hydroxyl groups is 1. The smallest absolute Gasteiger partial charge is 0.410 e. The van der Waals surface area contributed by atoms with Gasteiger partial charge >= 0.3 is 18.3 Å². The van der Waals surface area contributed by atoms with Crippen LogP contribution in [0.5, 0.6) is 0 Å². The van der Waals surface area contributed by atoms with Gasteiger partial charge in [0.05, 0.1) is 6.61 Å². The van der Waals surface area contributed by atoms with Gasteiger partial charge in [-0.3, -0.25) is 0 Å². The second kappa shape index (κ2) is 42.5. The number of carbonyl (C=O) groups is 3. The van der Waals surface area contributed by atoms with Crippen LogP contribution in [0.2, 0.25) is 0 Å². The molecule has 0 unspecified atom stereocenters. The second-order valence-corrected chi connectivity index (χ2v) is 30.6. The van der Waals surface area contributed by atoms with Gasteiger partial charge in [-0.15, -0.1) is 0 Å². The van der Waals surface area contributed by atoms with Crippen LogP contribution in [0.1, 0.15) is 223 Å². The zero-order valence-electron chi connectivity index (χ0n) is 56.9. The summed E-state index contributed by atoms with van der Waals surface area (Å²) in [6.07, 6.45) is 19.7. The quantitative estimate of drug-likeness (QED) is 0.0608. The Morgan fingerprint density at radius 2 is 0.782 bits per heavy atom. The molecule has 0 atom stereocenters. The minimum Gasteiger partial charge on any atom is -0.444 e. The molecule has 3 amide bonds. The van der Waals surface area contributed by atoms with Crippen molar-refractivity contribution in [3.63, 3.8) is 0 Å². The molecule has 0 bridgehead atoms. The van der Waals surface area contributed by atoms with Crippen molar-refractivity contribution in [1.82, 2.24) is 20.0 Å². The third-order valence-electron chi connectivity index (χ3n) is 16.4. The Labute approximate surface area is 544 Å². The molecular weight excluding hydrogens is 1140 g/mol. The Hall–Kier alpha value is -3.56. The fraction of sp³-hybridized carbons (Fsp3) is 0.712. The number of carbonyl (C=O) groups excluding carboxylic acids is 3. The fourth-order valence-corrected chi connectivity index (χ4v) is 13.3. The van der Waals surface area contributed by atoms with E-state index < -0.39 is 16.8 Å². The average Bonchev–Trinajstić information content (AvgIpc) is 3.27. The largest absolute Gasteiger partial charge is 0.444 e. The van der Waals surface area contributed by atoms with E-state index in [1.165, 1.54) is 73.8 Å². The van der Waals surface area contributed by atoms with Crippen molar-refractivity contribution in [1.29, 1.82) is 0 Å². The predicted molar refractivity (Wildman–Crippen MR) is 374 cm³/mol. The highest BCUT2D eigenvalue weighted by Crippen LogP contribution is 2.32. The number of ether oxygens (including phenoxy) is 3. The summed E-state index contributed by atoms with van der Waals surface area (Å²) in [6.45, 7) is 31.7. The number of hydrogen-bond acceptors (Lipinski definition) is 11. The van der Waals surface area contributed by atoms with Crippen LogP contribution in [0.4, 0.5) is 14.4 Å². The molecule has 4 fully saturated rings. The maximum absolute atomic E-state index is 12.7. The summed E-state index contributed by atoms with van der Waals surface area (Å²) in [4.78, 5) is 42.7. The Morgan fingerprint density at radius 1 is 0.471 bits per heavy atom. The lowest BCUT2D eigenvalue weighted by Crippen LogP contribution is -2.46. The molecule has 4 saturated carbocycles. The van der Waals surface area contributed by atoms with Crippen molar-refractivity contribution in [3.8, 4) is 0 Å². The van der Waals surface area contributed by atoms with Crippen molar-refractivity contribution in [2.75, 3.05) is 44.3 Å². The summed E-state index contributed by atoms with van der Waals surface area (Å²) in [7, 11) is 0. The maximum Gasteiger partial charge on any atom is 0.410 e. The highest BCUT2D eigenvalue weighted by Gasteiger charge is 2.33. The highest BCUT2D eigenvalue weighted by molar-refractivity contribution is 7.98. The molecule has 4 aliphatic rings. The van der Waals surface area contributed by atoms with E-state index in [0.29, 0.717) is 18.6 Å². The number of rotatable bonds is 19. The molecule has 0 aromatic heterocycles. The van der Waals surface area contributed by atoms with Crippen molar-refractivity contribution >= 4 is 54.4 Å². The lowest BCUT2D eigenvalue weighted by Gasteiger charge is -2.37. The number of aliphatic hydroxyl groups excluding tert-OH is 1. The lowest BCUT2D eigenvalue weighted by molar-refractivity contribution is 0.00640. The number of hydrogen-bond donors (Lipinski definition) is 3. The highest BCUT2D eigenvalue weighted by atomic mass is 32.2. The van der Waals surface area contributed by atoms with Crippen molar-refractivity contribution in [3.05, 3.63) is 108 Å². The van der Waals surface area contributed by atoms with Gasteiger partial charge in [-0.25, -0.2) is 14.4 Å². The number of benzene rings is 3. The van der Waals surface area contributed by atoms with Crippen LogP contribution in [-0.2, 0) is 31.5 Å². The predicted octanol–water partition coefficient (Wildman–Crippen LogP) is 18.9. The summed E-state index contributed by atoms with van der Waals surface area (Å²) in [6, 6.07) is 33.2. The molecule has 11 nitrogen and oxygen atoms in total. The van der Waals surface area contributed by atoms with Crippen molar-refractivity contribution < 1.29 is 33.7 Å². The molecule has 3 aromatic rings. The molecule has 0 spiro atoms. The first-order valence-corrected chi connectivity index (χ1v) is 36.4. The molecule has 0 saturated heterocycles.